The number of nitro groups is 1. The predicted octanol–water partition coefficient (Wildman–Crippen LogP) is 0.436. The second-order valence-electron chi connectivity index (χ2n) is 5.25. The topological polar surface area (TPSA) is 128 Å². The number of rotatable bonds is 6. The van der Waals surface area contributed by atoms with Crippen LogP contribution in [0.5, 0.6) is 0 Å². The summed E-state index contributed by atoms with van der Waals surface area (Å²) in [6.45, 7) is 1.15. The van der Waals surface area contributed by atoms with Gasteiger partial charge in [-0.25, -0.2) is 9.18 Å². The molecular weight excluding hydrogens is 325 g/mol. The maximum absolute atomic E-state index is 14.4. The van der Waals surface area contributed by atoms with Gasteiger partial charge in [-0.3, -0.25) is 10.1 Å². The normalized spacial score (nSPS) is 17.2. The number of aliphatic hydroxyl groups is 1. The fourth-order valence-corrected chi connectivity index (χ4v) is 2.50. The van der Waals surface area contributed by atoms with E-state index in [1.807, 2.05) is 0 Å². The Balaban J connectivity index is 2.24. The van der Waals surface area contributed by atoms with Crippen molar-refractivity contribution in [3.05, 3.63) is 39.7 Å². The third-order valence-electron chi connectivity index (χ3n) is 3.58. The molecule has 1 unspecified atom stereocenters. The predicted molar refractivity (Wildman–Crippen MR) is 80.7 cm³/mol. The van der Waals surface area contributed by atoms with E-state index in [-0.39, 0.29) is 5.56 Å². The van der Waals surface area contributed by atoms with Gasteiger partial charge in [-0.2, -0.15) is 0 Å². The van der Waals surface area contributed by atoms with Crippen molar-refractivity contribution in [1.82, 2.24) is 0 Å². The first-order valence-electron chi connectivity index (χ1n) is 7.26. The van der Waals surface area contributed by atoms with E-state index in [9.17, 15) is 24.4 Å². The van der Waals surface area contributed by atoms with Crippen LogP contribution in [0.4, 0.5) is 14.9 Å². The molecule has 2 atom stereocenters. The number of benzene rings is 1. The van der Waals surface area contributed by atoms with Gasteiger partial charge in [-0.15, -0.1) is 0 Å². The Morgan fingerprint density at radius 1 is 1.50 bits per heavy atom. The minimum atomic E-state index is -1.65. The zero-order valence-electron chi connectivity index (χ0n) is 12.8. The average Bonchev–Trinajstić information content (AvgIpc) is 2.52. The van der Waals surface area contributed by atoms with E-state index in [0.29, 0.717) is 32.0 Å². The van der Waals surface area contributed by atoms with Crippen molar-refractivity contribution >= 4 is 11.8 Å². The second kappa shape index (κ2) is 7.88. The number of halogens is 1. The van der Waals surface area contributed by atoms with Crippen LogP contribution in [0, 0.1) is 15.9 Å². The van der Waals surface area contributed by atoms with Crippen molar-refractivity contribution in [3.63, 3.8) is 0 Å². The van der Waals surface area contributed by atoms with E-state index in [4.69, 9.17) is 15.2 Å². The van der Waals surface area contributed by atoms with Gasteiger partial charge in [-0.1, -0.05) is 6.07 Å². The molecule has 1 aliphatic rings. The summed E-state index contributed by atoms with van der Waals surface area (Å²) in [7, 11) is 0. The molecule has 1 aromatic rings. The highest BCUT2D eigenvalue weighted by atomic mass is 19.1. The number of nitrogens with zero attached hydrogens (tertiary/aromatic N) is 2. The quantitative estimate of drug-likeness (QED) is 0.566. The van der Waals surface area contributed by atoms with E-state index < -0.39 is 35.6 Å². The van der Waals surface area contributed by atoms with Crippen LogP contribution in [-0.4, -0.2) is 55.1 Å². The Kier molecular flexibility index (Phi) is 5.88. The van der Waals surface area contributed by atoms with Gasteiger partial charge in [0.25, 0.3) is 0 Å². The van der Waals surface area contributed by atoms with Gasteiger partial charge < -0.3 is 25.2 Å². The molecule has 1 fully saturated rings. The van der Waals surface area contributed by atoms with Gasteiger partial charge in [0.1, 0.15) is 5.82 Å². The van der Waals surface area contributed by atoms with Crippen LogP contribution >= 0.6 is 0 Å². The number of aliphatic hydroxyl groups excluding tert-OH is 1. The first kappa shape index (κ1) is 17.9. The van der Waals surface area contributed by atoms with Crippen LogP contribution in [0.15, 0.2) is 18.2 Å². The Morgan fingerprint density at radius 3 is 2.71 bits per heavy atom. The van der Waals surface area contributed by atoms with Gasteiger partial charge in [0.2, 0.25) is 6.54 Å². The highest BCUT2D eigenvalue weighted by molar-refractivity contribution is 5.65. The van der Waals surface area contributed by atoms with Crippen LogP contribution in [0.3, 0.4) is 0 Å². The number of hydrogen-bond donors (Lipinski definition) is 2. The third kappa shape index (κ3) is 4.52. The molecule has 10 heteroatoms. The first-order chi connectivity index (χ1) is 11.4. The minimum Gasteiger partial charge on any atom is -0.438 e. The lowest BCUT2D eigenvalue weighted by Gasteiger charge is -2.29. The van der Waals surface area contributed by atoms with Gasteiger partial charge in [0, 0.05) is 18.0 Å². The average molecular weight is 343 g/mol. The van der Waals surface area contributed by atoms with Crippen LogP contribution in [0.1, 0.15) is 11.7 Å². The van der Waals surface area contributed by atoms with E-state index in [1.54, 1.807) is 4.90 Å². The molecule has 1 heterocycles. The van der Waals surface area contributed by atoms with E-state index in [2.05, 4.69) is 0 Å². The SMILES string of the molecule is NC(=O)O[C@@H](c1ccc(N2CCOCC2)c(F)c1)C(O)C[N+](=O)[O-]. The van der Waals surface area contributed by atoms with Crippen molar-refractivity contribution in [1.29, 1.82) is 0 Å². The monoisotopic (exact) mass is 343 g/mol. The Hall–Kier alpha value is -2.46. The molecule has 0 radical (unpaired) electrons. The highest BCUT2D eigenvalue weighted by Gasteiger charge is 2.30. The number of hydrogen-bond acceptors (Lipinski definition) is 7. The summed E-state index contributed by atoms with van der Waals surface area (Å²) in [6.07, 6.45) is -4.30. The standard InChI is InChI=1S/C14H18FN3O6/c15-10-7-9(1-2-11(10)17-3-5-23-6-4-17)13(24-14(16)20)12(19)8-18(21)22/h1-2,7,12-13,19H,3-6,8H2,(H2,16,20)/t12?,13-/m0/s1. The number of carbonyl (C=O) groups excluding carboxylic acids is 1. The fraction of sp³-hybridized carbons (Fsp3) is 0.500. The van der Waals surface area contributed by atoms with E-state index in [1.165, 1.54) is 12.1 Å². The smallest absolute Gasteiger partial charge is 0.405 e. The van der Waals surface area contributed by atoms with Crippen molar-refractivity contribution in [2.45, 2.75) is 12.2 Å². The molecule has 1 amide bonds. The van der Waals surface area contributed by atoms with Crippen LogP contribution < -0.4 is 10.6 Å². The maximum atomic E-state index is 14.4. The summed E-state index contributed by atoms with van der Waals surface area (Å²) in [5.41, 5.74) is 5.34. The number of amides is 1. The Bertz CT molecular complexity index is 608. The number of ether oxygens (including phenoxy) is 2. The molecule has 0 saturated carbocycles. The molecule has 0 aromatic heterocycles. The second-order valence-corrected chi connectivity index (χ2v) is 5.25. The number of morpholine rings is 1. The highest BCUT2D eigenvalue weighted by Crippen LogP contribution is 2.28. The lowest BCUT2D eigenvalue weighted by molar-refractivity contribution is -0.493. The van der Waals surface area contributed by atoms with Crippen molar-refractivity contribution < 1.29 is 28.7 Å². The summed E-state index contributed by atoms with van der Waals surface area (Å²) in [4.78, 5) is 22.5. The first-order valence-corrected chi connectivity index (χ1v) is 7.26. The fourth-order valence-electron chi connectivity index (χ4n) is 2.50. The molecule has 3 N–H and O–H groups in total. The van der Waals surface area contributed by atoms with Crippen molar-refractivity contribution in [2.75, 3.05) is 37.7 Å². The van der Waals surface area contributed by atoms with E-state index >= 15 is 0 Å². The number of carbonyl (C=O) groups is 1. The number of primary amides is 1. The lowest BCUT2D eigenvalue weighted by Crippen LogP contribution is -2.37. The van der Waals surface area contributed by atoms with Gasteiger partial charge in [-0.05, 0) is 17.7 Å². The lowest BCUT2D eigenvalue weighted by atomic mass is 10.0. The molecule has 0 bridgehead atoms. The Labute approximate surface area is 136 Å². The zero-order chi connectivity index (χ0) is 17.7. The minimum absolute atomic E-state index is 0.0812. The zero-order valence-corrected chi connectivity index (χ0v) is 12.8. The molecule has 132 valence electrons. The summed E-state index contributed by atoms with van der Waals surface area (Å²) in [5, 5.41) is 20.4. The summed E-state index contributed by atoms with van der Waals surface area (Å²) < 4.78 is 24.3. The van der Waals surface area contributed by atoms with Crippen LogP contribution in [0.25, 0.3) is 0 Å². The summed E-state index contributed by atoms with van der Waals surface area (Å²) in [5.74, 6) is -0.597. The van der Waals surface area contributed by atoms with E-state index in [0.717, 1.165) is 6.07 Å². The van der Waals surface area contributed by atoms with Gasteiger partial charge in [0.15, 0.2) is 12.2 Å². The van der Waals surface area contributed by atoms with Crippen molar-refractivity contribution in [2.24, 2.45) is 5.73 Å². The summed E-state index contributed by atoms with van der Waals surface area (Å²) >= 11 is 0. The molecule has 1 aromatic carbocycles. The number of nitrogens with two attached hydrogens (primary N) is 1. The van der Waals surface area contributed by atoms with Gasteiger partial charge in [0.05, 0.1) is 18.9 Å². The van der Waals surface area contributed by atoms with Crippen LogP contribution in [-0.2, 0) is 9.47 Å². The molecule has 9 nitrogen and oxygen atoms in total. The molecular formula is C14H18FN3O6. The molecule has 0 aliphatic carbocycles. The third-order valence-corrected chi connectivity index (χ3v) is 3.58. The number of anilines is 1. The van der Waals surface area contributed by atoms with Crippen LogP contribution in [0.2, 0.25) is 0 Å². The molecule has 1 aliphatic heterocycles. The molecule has 24 heavy (non-hydrogen) atoms. The molecule has 0 spiro atoms. The molecule has 1 saturated heterocycles. The molecule has 2 rings (SSSR count). The maximum Gasteiger partial charge on any atom is 0.405 e. The van der Waals surface area contributed by atoms with Crippen molar-refractivity contribution in [3.8, 4) is 0 Å². The van der Waals surface area contributed by atoms with Gasteiger partial charge >= 0.3 is 6.09 Å². The summed E-state index contributed by atoms with van der Waals surface area (Å²) in [6, 6.07) is 3.97. The Morgan fingerprint density at radius 2 is 2.17 bits per heavy atom. The largest absolute Gasteiger partial charge is 0.438 e.